The van der Waals surface area contributed by atoms with Crippen molar-refractivity contribution in [2.75, 3.05) is 6.61 Å². The molecule has 0 unspecified atom stereocenters. The number of hydrogen-bond acceptors (Lipinski definition) is 7. The number of aromatic nitrogens is 1. The van der Waals surface area contributed by atoms with Gasteiger partial charge in [0.05, 0.1) is 33.0 Å². The van der Waals surface area contributed by atoms with Crippen LogP contribution in [0.5, 0.6) is 0 Å². The zero-order valence-electron chi connectivity index (χ0n) is 20.6. The van der Waals surface area contributed by atoms with Crippen LogP contribution in [0.2, 0.25) is 10.0 Å². The number of carboxylic acid groups (broad SMARTS) is 1. The highest BCUT2D eigenvalue weighted by Crippen LogP contribution is 2.34. The monoisotopic (exact) mass is 582 g/mol. The van der Waals surface area contributed by atoms with E-state index in [9.17, 15) is 19.5 Å². The zero-order valence-corrected chi connectivity index (χ0v) is 22.9. The van der Waals surface area contributed by atoms with Crippen molar-refractivity contribution in [3.05, 3.63) is 112 Å². The molecule has 0 radical (unpaired) electrons. The molecule has 8 nitrogen and oxygen atoms in total. The maximum absolute atomic E-state index is 13.7. The summed E-state index contributed by atoms with van der Waals surface area (Å²) in [6.45, 7) is 3.57. The van der Waals surface area contributed by atoms with Gasteiger partial charge >= 0.3 is 11.9 Å². The topological polar surface area (TPSA) is 111 Å². The summed E-state index contributed by atoms with van der Waals surface area (Å²) in [6, 6.07) is 14.1. The Balaban J connectivity index is 1.63. The van der Waals surface area contributed by atoms with E-state index in [-0.39, 0.29) is 28.3 Å². The fraction of sp³-hybridized carbons (Fsp3) is 0.143. The third-order valence-corrected chi connectivity index (χ3v) is 7.75. The van der Waals surface area contributed by atoms with Crippen molar-refractivity contribution in [1.82, 2.24) is 4.57 Å². The SMILES string of the molecule is CCOC(=O)C1=C(C)N=c2s/c(=C\c3ccc(-c4ccc(Cl)c(C(=O)O)c4)o3)c(=O)n2[C@H]1c1ccccc1Cl. The van der Waals surface area contributed by atoms with E-state index in [1.54, 1.807) is 62.4 Å². The normalized spacial score (nSPS) is 15.2. The van der Waals surface area contributed by atoms with Crippen LogP contribution in [-0.4, -0.2) is 28.2 Å². The van der Waals surface area contributed by atoms with E-state index < -0.39 is 18.0 Å². The quantitative estimate of drug-likeness (QED) is 0.318. The van der Waals surface area contributed by atoms with E-state index in [1.165, 1.54) is 16.7 Å². The molecule has 0 spiro atoms. The molecule has 1 aliphatic heterocycles. The Morgan fingerprint density at radius 2 is 1.92 bits per heavy atom. The fourth-order valence-electron chi connectivity index (χ4n) is 4.34. The van der Waals surface area contributed by atoms with Crippen molar-refractivity contribution in [2.45, 2.75) is 19.9 Å². The molecule has 39 heavy (non-hydrogen) atoms. The first-order chi connectivity index (χ1) is 18.7. The van der Waals surface area contributed by atoms with Gasteiger partial charge < -0.3 is 14.3 Å². The molecule has 0 fully saturated rings. The molecule has 198 valence electrons. The Labute approximate surface area is 235 Å². The van der Waals surface area contributed by atoms with E-state index in [2.05, 4.69) is 4.99 Å². The minimum Gasteiger partial charge on any atom is -0.478 e. The Kier molecular flexibility index (Phi) is 7.31. The van der Waals surface area contributed by atoms with Crippen LogP contribution in [0.1, 0.15) is 41.6 Å². The number of ether oxygens (including phenoxy) is 1. The number of fused-ring (bicyclic) bond motifs is 1. The van der Waals surface area contributed by atoms with Crippen LogP contribution in [0.4, 0.5) is 0 Å². The summed E-state index contributed by atoms with van der Waals surface area (Å²) < 4.78 is 13.0. The van der Waals surface area contributed by atoms with Crippen LogP contribution < -0.4 is 14.9 Å². The molecular weight excluding hydrogens is 563 g/mol. The summed E-state index contributed by atoms with van der Waals surface area (Å²) in [5.41, 5.74) is 1.33. The van der Waals surface area contributed by atoms with Gasteiger partial charge in [0.1, 0.15) is 17.6 Å². The molecule has 1 N–H and O–H groups in total. The molecule has 0 aliphatic carbocycles. The molecule has 2 aromatic carbocycles. The summed E-state index contributed by atoms with van der Waals surface area (Å²) in [5.74, 6) is -0.946. The first kappa shape index (κ1) is 26.7. The number of thiazole rings is 1. The second kappa shape index (κ2) is 10.7. The number of carbonyl (C=O) groups is 2. The number of carbonyl (C=O) groups excluding carboxylic acids is 1. The third kappa shape index (κ3) is 4.96. The number of esters is 1. The van der Waals surface area contributed by atoms with Gasteiger partial charge in [0, 0.05) is 16.7 Å². The van der Waals surface area contributed by atoms with Crippen molar-refractivity contribution in [2.24, 2.45) is 4.99 Å². The molecule has 0 saturated carbocycles. The zero-order chi connectivity index (χ0) is 27.8. The fourth-order valence-corrected chi connectivity index (χ4v) is 5.80. The maximum atomic E-state index is 13.7. The number of benzene rings is 2. The van der Waals surface area contributed by atoms with E-state index in [0.29, 0.717) is 42.7 Å². The summed E-state index contributed by atoms with van der Waals surface area (Å²) in [6.07, 6.45) is 1.58. The number of carboxylic acids is 1. The Bertz CT molecular complexity index is 1850. The minimum atomic E-state index is -1.15. The standard InChI is InChI=1S/C28H20Cl2N2O6S/c1-3-37-27(36)23-14(2)31-28-32(24(23)17-6-4-5-7-19(17)29)25(33)22(39-28)13-16-9-11-21(38-16)15-8-10-20(30)18(12-15)26(34)35/h4-13,24H,3H2,1-2H3,(H,34,35)/b22-13-/t24-/m0/s1. The first-order valence-electron chi connectivity index (χ1n) is 11.8. The van der Waals surface area contributed by atoms with E-state index in [4.69, 9.17) is 32.4 Å². The van der Waals surface area contributed by atoms with Crippen molar-refractivity contribution in [1.29, 1.82) is 0 Å². The lowest BCUT2D eigenvalue weighted by molar-refractivity contribution is -0.139. The first-order valence-corrected chi connectivity index (χ1v) is 13.3. The lowest BCUT2D eigenvalue weighted by Crippen LogP contribution is -2.40. The summed E-state index contributed by atoms with van der Waals surface area (Å²) in [5, 5.41) is 9.88. The molecule has 11 heteroatoms. The predicted octanol–water partition coefficient (Wildman–Crippen LogP) is 5.06. The van der Waals surface area contributed by atoms with Gasteiger partial charge in [0.15, 0.2) is 4.80 Å². The van der Waals surface area contributed by atoms with Crippen LogP contribution >= 0.6 is 34.5 Å². The van der Waals surface area contributed by atoms with Crippen LogP contribution in [0.15, 0.2) is 80.1 Å². The molecule has 1 atom stereocenters. The van der Waals surface area contributed by atoms with E-state index in [0.717, 1.165) is 11.3 Å². The van der Waals surface area contributed by atoms with Gasteiger partial charge in [-0.05, 0) is 55.8 Å². The highest BCUT2D eigenvalue weighted by atomic mass is 35.5. The number of furan rings is 1. The van der Waals surface area contributed by atoms with Crippen molar-refractivity contribution in [3.63, 3.8) is 0 Å². The van der Waals surface area contributed by atoms with Gasteiger partial charge in [-0.15, -0.1) is 0 Å². The molecule has 0 saturated heterocycles. The van der Waals surface area contributed by atoms with Gasteiger partial charge in [0.25, 0.3) is 5.56 Å². The number of hydrogen-bond donors (Lipinski definition) is 1. The number of nitrogens with zero attached hydrogens (tertiary/aromatic N) is 2. The van der Waals surface area contributed by atoms with Gasteiger partial charge in [-0.2, -0.15) is 0 Å². The number of rotatable bonds is 6. The Morgan fingerprint density at radius 1 is 1.15 bits per heavy atom. The summed E-state index contributed by atoms with van der Waals surface area (Å²) in [7, 11) is 0. The molecular formula is C28H20Cl2N2O6S. The largest absolute Gasteiger partial charge is 0.478 e. The van der Waals surface area contributed by atoms with Gasteiger partial charge in [0.2, 0.25) is 0 Å². The lowest BCUT2D eigenvalue weighted by atomic mass is 9.96. The highest BCUT2D eigenvalue weighted by Gasteiger charge is 2.34. The van der Waals surface area contributed by atoms with Crippen LogP contribution in [-0.2, 0) is 9.53 Å². The molecule has 3 heterocycles. The highest BCUT2D eigenvalue weighted by molar-refractivity contribution is 7.07. The Morgan fingerprint density at radius 3 is 2.64 bits per heavy atom. The van der Waals surface area contributed by atoms with Gasteiger partial charge in [-0.1, -0.05) is 52.7 Å². The lowest BCUT2D eigenvalue weighted by Gasteiger charge is -2.25. The van der Waals surface area contributed by atoms with Crippen molar-refractivity contribution < 1.29 is 23.8 Å². The van der Waals surface area contributed by atoms with Crippen LogP contribution in [0, 0.1) is 0 Å². The second-order valence-corrected chi connectivity index (χ2v) is 10.3. The molecule has 0 amide bonds. The average molecular weight is 583 g/mol. The number of halogens is 2. The number of allylic oxidation sites excluding steroid dienone is 1. The Hall–Kier alpha value is -3.92. The van der Waals surface area contributed by atoms with E-state index in [1.807, 2.05) is 0 Å². The molecule has 2 aromatic heterocycles. The minimum absolute atomic E-state index is 0.0484. The predicted molar refractivity (Wildman–Crippen MR) is 148 cm³/mol. The van der Waals surface area contributed by atoms with E-state index >= 15 is 0 Å². The second-order valence-electron chi connectivity index (χ2n) is 8.53. The molecule has 1 aliphatic rings. The van der Waals surface area contributed by atoms with Crippen molar-refractivity contribution in [3.8, 4) is 11.3 Å². The number of aromatic carboxylic acids is 1. The average Bonchev–Trinajstić information content (AvgIpc) is 3.48. The third-order valence-electron chi connectivity index (χ3n) is 6.10. The molecule has 0 bridgehead atoms. The smallest absolute Gasteiger partial charge is 0.338 e. The van der Waals surface area contributed by atoms with Crippen LogP contribution in [0.3, 0.4) is 0 Å². The van der Waals surface area contributed by atoms with Gasteiger partial charge in [-0.3, -0.25) is 9.36 Å². The van der Waals surface area contributed by atoms with Gasteiger partial charge in [-0.25, -0.2) is 14.6 Å². The molecule has 4 aromatic rings. The molecule has 5 rings (SSSR count). The van der Waals surface area contributed by atoms with Crippen LogP contribution in [0.25, 0.3) is 17.4 Å². The summed E-state index contributed by atoms with van der Waals surface area (Å²) in [4.78, 5) is 43.1. The summed E-state index contributed by atoms with van der Waals surface area (Å²) >= 11 is 13.7. The maximum Gasteiger partial charge on any atom is 0.338 e. The van der Waals surface area contributed by atoms with Crippen molar-refractivity contribution >= 4 is 52.6 Å².